The second-order valence-electron chi connectivity index (χ2n) is 8.28. The molecule has 1 aliphatic heterocycles. The summed E-state index contributed by atoms with van der Waals surface area (Å²) in [5, 5.41) is 8.25. The number of nitrogens with one attached hydrogen (secondary N) is 2. The van der Waals surface area contributed by atoms with Crippen molar-refractivity contribution in [3.05, 3.63) is 81.5 Å². The average molecular weight is 500 g/mol. The van der Waals surface area contributed by atoms with Crippen molar-refractivity contribution in [2.24, 2.45) is 0 Å². The Kier molecular flexibility index (Phi) is 7.80. The number of aryl methyl sites for hydroxylation is 2. The van der Waals surface area contributed by atoms with Crippen molar-refractivity contribution in [2.75, 3.05) is 38.2 Å². The van der Waals surface area contributed by atoms with Gasteiger partial charge >= 0.3 is 0 Å². The number of thiophene rings is 1. The molecule has 4 rings (SSSR count). The quantitative estimate of drug-likeness (QED) is 0.494. The van der Waals surface area contributed by atoms with Crippen molar-refractivity contribution in [1.29, 1.82) is 0 Å². The average Bonchev–Trinajstić information content (AvgIpc) is 3.37. The summed E-state index contributed by atoms with van der Waals surface area (Å²) in [5.74, 6) is -0.238. The van der Waals surface area contributed by atoms with Gasteiger partial charge in [-0.2, -0.15) is 4.31 Å². The second kappa shape index (κ2) is 10.8. The van der Waals surface area contributed by atoms with Crippen molar-refractivity contribution in [3.8, 4) is 0 Å². The van der Waals surface area contributed by atoms with Gasteiger partial charge in [-0.1, -0.05) is 42.0 Å². The molecule has 3 aromatic rings. The highest BCUT2D eigenvalue weighted by Gasteiger charge is 2.27. The number of morpholine rings is 1. The maximum atomic E-state index is 13.0. The minimum atomic E-state index is -3.64. The van der Waals surface area contributed by atoms with Gasteiger partial charge in [-0.3, -0.25) is 10.1 Å². The van der Waals surface area contributed by atoms with E-state index in [0.717, 1.165) is 16.0 Å². The van der Waals surface area contributed by atoms with Gasteiger partial charge in [0.1, 0.15) is 0 Å². The van der Waals surface area contributed by atoms with Gasteiger partial charge in [-0.05, 0) is 48.6 Å². The first-order chi connectivity index (χ1) is 16.3. The standard InChI is InChI=1S/C25H29N3O4S2/c1-18-5-8-20(9-6-18)25(23-4-3-15-33-23)26-17-24(29)27-22-16-21(10-7-19(22)2)34(30,31)28-11-13-32-14-12-28/h3-10,15-16,25-26H,11-14,17H2,1-2H3,(H,27,29)/t25-/m1/s1. The number of ether oxygens (including phenoxy) is 1. The monoisotopic (exact) mass is 499 g/mol. The van der Waals surface area contributed by atoms with Gasteiger partial charge in [0.05, 0.1) is 30.7 Å². The van der Waals surface area contributed by atoms with E-state index in [2.05, 4.69) is 34.9 Å². The number of benzene rings is 2. The van der Waals surface area contributed by atoms with E-state index in [1.165, 1.54) is 15.9 Å². The minimum Gasteiger partial charge on any atom is -0.379 e. The third kappa shape index (κ3) is 5.73. The van der Waals surface area contributed by atoms with Gasteiger partial charge in [0.25, 0.3) is 0 Å². The fourth-order valence-corrected chi connectivity index (χ4v) is 6.08. The van der Waals surface area contributed by atoms with Crippen LogP contribution in [0.2, 0.25) is 0 Å². The van der Waals surface area contributed by atoms with Gasteiger partial charge in [0.2, 0.25) is 15.9 Å². The molecule has 7 nitrogen and oxygen atoms in total. The molecule has 0 aliphatic carbocycles. The summed E-state index contributed by atoms with van der Waals surface area (Å²) in [6.45, 7) is 5.38. The Labute approximate surface area is 204 Å². The van der Waals surface area contributed by atoms with Crippen molar-refractivity contribution in [2.45, 2.75) is 24.8 Å². The molecule has 0 radical (unpaired) electrons. The lowest BCUT2D eigenvalue weighted by atomic mass is 10.0. The summed E-state index contributed by atoms with van der Waals surface area (Å²) in [6, 6.07) is 17.0. The van der Waals surface area contributed by atoms with Crippen LogP contribution in [0.5, 0.6) is 0 Å². The normalized spacial score (nSPS) is 15.7. The van der Waals surface area contributed by atoms with Crippen LogP contribution in [0.15, 0.2) is 64.9 Å². The van der Waals surface area contributed by atoms with Crippen LogP contribution in [0.4, 0.5) is 5.69 Å². The number of anilines is 1. The number of amides is 1. The number of carbonyl (C=O) groups is 1. The lowest BCUT2D eigenvalue weighted by Crippen LogP contribution is -2.40. The van der Waals surface area contributed by atoms with E-state index in [1.807, 2.05) is 31.4 Å². The molecule has 2 N–H and O–H groups in total. The van der Waals surface area contributed by atoms with Crippen LogP contribution < -0.4 is 10.6 Å². The van der Waals surface area contributed by atoms with E-state index in [4.69, 9.17) is 4.74 Å². The van der Waals surface area contributed by atoms with Gasteiger partial charge in [-0.25, -0.2) is 8.42 Å². The van der Waals surface area contributed by atoms with E-state index >= 15 is 0 Å². The Bertz CT molecular complexity index is 1220. The molecule has 2 heterocycles. The molecule has 0 spiro atoms. The maximum absolute atomic E-state index is 13.0. The molecule has 0 saturated carbocycles. The molecule has 2 aromatic carbocycles. The Morgan fingerprint density at radius 3 is 2.50 bits per heavy atom. The zero-order chi connectivity index (χ0) is 24.1. The molecule has 34 heavy (non-hydrogen) atoms. The first kappa shape index (κ1) is 24.6. The largest absolute Gasteiger partial charge is 0.379 e. The number of hydrogen-bond donors (Lipinski definition) is 2. The Morgan fingerprint density at radius 2 is 1.82 bits per heavy atom. The van der Waals surface area contributed by atoms with E-state index in [-0.39, 0.29) is 23.4 Å². The van der Waals surface area contributed by atoms with Crippen molar-refractivity contribution in [1.82, 2.24) is 9.62 Å². The van der Waals surface area contributed by atoms with Crippen molar-refractivity contribution >= 4 is 33.0 Å². The molecule has 1 saturated heterocycles. The Hall–Kier alpha value is -2.56. The van der Waals surface area contributed by atoms with Crippen LogP contribution in [0.1, 0.15) is 27.6 Å². The molecule has 180 valence electrons. The van der Waals surface area contributed by atoms with E-state index < -0.39 is 10.0 Å². The first-order valence-corrected chi connectivity index (χ1v) is 13.5. The number of rotatable bonds is 8. The fraction of sp³-hybridized carbons (Fsp3) is 0.320. The lowest BCUT2D eigenvalue weighted by molar-refractivity contribution is -0.115. The SMILES string of the molecule is Cc1ccc([C@@H](NCC(=O)Nc2cc(S(=O)(=O)N3CCOCC3)ccc2C)c2cccs2)cc1. The van der Waals surface area contributed by atoms with E-state index in [1.54, 1.807) is 23.5 Å². The summed E-state index contributed by atoms with van der Waals surface area (Å²) < 4.78 is 32.7. The predicted octanol–water partition coefficient (Wildman–Crippen LogP) is 3.70. The number of carbonyl (C=O) groups excluding carboxylic acids is 1. The first-order valence-electron chi connectivity index (χ1n) is 11.2. The van der Waals surface area contributed by atoms with E-state index in [0.29, 0.717) is 32.0 Å². The van der Waals surface area contributed by atoms with Crippen LogP contribution in [0, 0.1) is 13.8 Å². The van der Waals surface area contributed by atoms with Crippen LogP contribution in [-0.4, -0.2) is 51.5 Å². The zero-order valence-corrected chi connectivity index (χ0v) is 20.9. The molecule has 0 bridgehead atoms. The number of nitrogens with zero attached hydrogens (tertiary/aromatic N) is 1. The number of hydrogen-bond acceptors (Lipinski definition) is 6. The van der Waals surface area contributed by atoms with Crippen LogP contribution in [-0.2, 0) is 19.6 Å². The molecular weight excluding hydrogens is 470 g/mol. The number of sulfonamides is 1. The van der Waals surface area contributed by atoms with Crippen LogP contribution in [0.25, 0.3) is 0 Å². The molecule has 1 aromatic heterocycles. The molecule has 9 heteroatoms. The van der Waals surface area contributed by atoms with Crippen LogP contribution in [0.3, 0.4) is 0 Å². The maximum Gasteiger partial charge on any atom is 0.243 e. The molecule has 0 unspecified atom stereocenters. The minimum absolute atomic E-state index is 0.0797. The van der Waals surface area contributed by atoms with E-state index in [9.17, 15) is 13.2 Å². The summed E-state index contributed by atoms with van der Waals surface area (Å²) >= 11 is 1.63. The smallest absolute Gasteiger partial charge is 0.243 e. The molecule has 1 fully saturated rings. The second-order valence-corrected chi connectivity index (χ2v) is 11.2. The molecule has 1 amide bonds. The Balaban J connectivity index is 1.47. The van der Waals surface area contributed by atoms with Gasteiger partial charge < -0.3 is 10.1 Å². The zero-order valence-electron chi connectivity index (χ0n) is 19.3. The van der Waals surface area contributed by atoms with Gasteiger partial charge in [0, 0.05) is 23.7 Å². The Morgan fingerprint density at radius 1 is 1.09 bits per heavy atom. The third-order valence-corrected chi connectivity index (χ3v) is 8.63. The summed E-state index contributed by atoms with van der Waals surface area (Å²) in [5.41, 5.74) is 3.54. The topological polar surface area (TPSA) is 87.7 Å². The van der Waals surface area contributed by atoms with Gasteiger partial charge in [0.15, 0.2) is 0 Å². The highest BCUT2D eigenvalue weighted by molar-refractivity contribution is 7.89. The van der Waals surface area contributed by atoms with Crippen LogP contribution >= 0.6 is 11.3 Å². The fourth-order valence-electron chi connectivity index (χ4n) is 3.82. The highest BCUT2D eigenvalue weighted by Crippen LogP contribution is 2.27. The third-order valence-electron chi connectivity index (χ3n) is 5.80. The summed E-state index contributed by atoms with van der Waals surface area (Å²) in [7, 11) is -3.64. The van der Waals surface area contributed by atoms with Gasteiger partial charge in [-0.15, -0.1) is 11.3 Å². The summed E-state index contributed by atoms with van der Waals surface area (Å²) in [4.78, 5) is 14.1. The predicted molar refractivity (Wildman–Crippen MR) is 135 cm³/mol. The summed E-state index contributed by atoms with van der Waals surface area (Å²) in [6.07, 6.45) is 0. The van der Waals surface area contributed by atoms with Crippen molar-refractivity contribution < 1.29 is 17.9 Å². The molecule has 1 aliphatic rings. The molecular formula is C25H29N3O4S2. The molecule has 1 atom stereocenters. The van der Waals surface area contributed by atoms with Crippen molar-refractivity contribution in [3.63, 3.8) is 0 Å². The highest BCUT2D eigenvalue weighted by atomic mass is 32.2. The lowest BCUT2D eigenvalue weighted by Gasteiger charge is -2.26.